The maximum atomic E-state index is 13.1. The van der Waals surface area contributed by atoms with Crippen LogP contribution in [0.4, 0.5) is 0 Å². The second kappa shape index (κ2) is 10.5. The minimum atomic E-state index is -0.493. The van der Waals surface area contributed by atoms with Gasteiger partial charge in [-0.1, -0.05) is 23.2 Å². The lowest BCUT2D eigenvalue weighted by Gasteiger charge is -2.37. The van der Waals surface area contributed by atoms with Crippen molar-refractivity contribution in [2.75, 3.05) is 52.6 Å². The van der Waals surface area contributed by atoms with E-state index in [-0.39, 0.29) is 17.9 Å². The van der Waals surface area contributed by atoms with Gasteiger partial charge in [-0.25, -0.2) is 0 Å². The number of likely N-dealkylation sites (tertiary alicyclic amines) is 1. The van der Waals surface area contributed by atoms with Crippen LogP contribution < -0.4 is 5.32 Å². The first-order chi connectivity index (χ1) is 15.0. The van der Waals surface area contributed by atoms with E-state index in [1.165, 1.54) is 0 Å². The molecule has 3 aliphatic heterocycles. The monoisotopic (exact) mass is 469 g/mol. The van der Waals surface area contributed by atoms with Crippen LogP contribution >= 0.6 is 23.2 Å². The number of rotatable bonds is 6. The summed E-state index contributed by atoms with van der Waals surface area (Å²) in [6.45, 7) is 5.71. The van der Waals surface area contributed by atoms with Gasteiger partial charge >= 0.3 is 0 Å². The lowest BCUT2D eigenvalue weighted by molar-refractivity contribution is -0.125. The first kappa shape index (κ1) is 22.8. The number of carbonyl (C=O) groups is 2. The summed E-state index contributed by atoms with van der Waals surface area (Å²) >= 11 is 12.3. The molecule has 0 aliphatic carbocycles. The topological polar surface area (TPSA) is 71.1 Å². The Morgan fingerprint density at radius 3 is 2.65 bits per heavy atom. The molecule has 3 unspecified atom stereocenters. The van der Waals surface area contributed by atoms with Crippen molar-refractivity contribution >= 4 is 35.0 Å². The molecule has 0 aromatic heterocycles. The number of hydrogen-bond acceptors (Lipinski definition) is 5. The van der Waals surface area contributed by atoms with Gasteiger partial charge in [0.25, 0.3) is 5.91 Å². The maximum Gasteiger partial charge on any atom is 0.256 e. The second-order valence-corrected chi connectivity index (χ2v) is 9.21. The number of hydrogen-bond donors (Lipinski definition) is 1. The van der Waals surface area contributed by atoms with E-state index >= 15 is 0 Å². The summed E-state index contributed by atoms with van der Waals surface area (Å²) in [5, 5.41) is 3.92. The van der Waals surface area contributed by atoms with Crippen LogP contribution in [0.25, 0.3) is 0 Å². The van der Waals surface area contributed by atoms with Crippen LogP contribution in [0.15, 0.2) is 18.2 Å². The first-order valence-electron chi connectivity index (χ1n) is 11.0. The van der Waals surface area contributed by atoms with Crippen LogP contribution in [0.3, 0.4) is 0 Å². The SMILES string of the molecule is O=C(NCC(C1CCOC1)N1CCOCC1)C1CCCN1C(=O)c1cc(Cl)ccc1Cl. The zero-order valence-corrected chi connectivity index (χ0v) is 19.0. The number of benzene rings is 1. The molecular formula is C22H29Cl2N3O4. The second-order valence-electron chi connectivity index (χ2n) is 8.37. The minimum Gasteiger partial charge on any atom is -0.381 e. The predicted octanol–water partition coefficient (Wildman–Crippen LogP) is 2.45. The number of ether oxygens (including phenoxy) is 2. The van der Waals surface area contributed by atoms with Crippen LogP contribution in [-0.4, -0.2) is 86.3 Å². The Kier molecular flexibility index (Phi) is 7.72. The third kappa shape index (κ3) is 5.34. The lowest BCUT2D eigenvalue weighted by Crippen LogP contribution is -2.54. The van der Waals surface area contributed by atoms with Crippen molar-refractivity contribution in [3.8, 4) is 0 Å². The van der Waals surface area contributed by atoms with Crippen LogP contribution in [0.1, 0.15) is 29.6 Å². The molecular weight excluding hydrogens is 441 g/mol. The van der Waals surface area contributed by atoms with E-state index in [0.717, 1.165) is 39.1 Å². The average Bonchev–Trinajstić information content (AvgIpc) is 3.48. The number of halogens is 2. The van der Waals surface area contributed by atoms with Crippen LogP contribution in [0.5, 0.6) is 0 Å². The zero-order valence-electron chi connectivity index (χ0n) is 17.5. The molecule has 9 heteroatoms. The third-order valence-electron chi connectivity index (χ3n) is 6.48. The summed E-state index contributed by atoms with van der Waals surface area (Å²) in [7, 11) is 0. The summed E-state index contributed by atoms with van der Waals surface area (Å²) in [5.41, 5.74) is 0.336. The fourth-order valence-electron chi connectivity index (χ4n) is 4.78. The molecule has 1 N–H and O–H groups in total. The van der Waals surface area contributed by atoms with Gasteiger partial charge in [-0.05, 0) is 37.5 Å². The quantitative estimate of drug-likeness (QED) is 0.692. The largest absolute Gasteiger partial charge is 0.381 e. The van der Waals surface area contributed by atoms with Crippen molar-refractivity contribution < 1.29 is 19.1 Å². The summed E-state index contributed by atoms with van der Waals surface area (Å²) < 4.78 is 11.1. The lowest BCUT2D eigenvalue weighted by atomic mass is 9.96. The summed E-state index contributed by atoms with van der Waals surface area (Å²) in [5.74, 6) is 0.0326. The molecule has 1 aromatic rings. The molecule has 3 heterocycles. The Bertz CT molecular complexity index is 797. The molecule has 4 rings (SSSR count). The number of nitrogens with one attached hydrogen (secondary N) is 1. The van der Waals surface area contributed by atoms with Crippen LogP contribution in [-0.2, 0) is 14.3 Å². The van der Waals surface area contributed by atoms with Crippen molar-refractivity contribution in [2.45, 2.75) is 31.3 Å². The fraction of sp³-hybridized carbons (Fsp3) is 0.636. The number of nitrogens with zero attached hydrogens (tertiary/aromatic N) is 2. The van der Waals surface area contributed by atoms with Crippen molar-refractivity contribution in [1.29, 1.82) is 0 Å². The van der Waals surface area contributed by atoms with Crippen molar-refractivity contribution in [1.82, 2.24) is 15.1 Å². The molecule has 31 heavy (non-hydrogen) atoms. The molecule has 3 saturated heterocycles. The van der Waals surface area contributed by atoms with Gasteiger partial charge in [0.05, 0.1) is 30.4 Å². The van der Waals surface area contributed by atoms with Gasteiger partial charge in [0.1, 0.15) is 6.04 Å². The van der Waals surface area contributed by atoms with Crippen LogP contribution in [0, 0.1) is 5.92 Å². The summed E-state index contributed by atoms with van der Waals surface area (Å²) in [4.78, 5) is 30.2. The Morgan fingerprint density at radius 1 is 1.10 bits per heavy atom. The normalized spacial score (nSPS) is 25.5. The van der Waals surface area contributed by atoms with Gasteiger partial charge < -0.3 is 19.7 Å². The average molecular weight is 470 g/mol. The van der Waals surface area contributed by atoms with E-state index in [1.807, 2.05) is 0 Å². The van der Waals surface area contributed by atoms with Crippen molar-refractivity contribution in [2.24, 2.45) is 5.92 Å². The molecule has 0 radical (unpaired) electrons. The Hall–Kier alpha value is -1.38. The molecule has 170 valence electrons. The van der Waals surface area contributed by atoms with E-state index in [9.17, 15) is 9.59 Å². The van der Waals surface area contributed by atoms with Gasteiger partial charge in [0.2, 0.25) is 5.91 Å². The van der Waals surface area contributed by atoms with Crippen molar-refractivity contribution in [3.63, 3.8) is 0 Å². The van der Waals surface area contributed by atoms with Gasteiger partial charge in [-0.2, -0.15) is 0 Å². The third-order valence-corrected chi connectivity index (χ3v) is 7.05. The number of carbonyl (C=O) groups excluding carboxylic acids is 2. The fourth-order valence-corrected chi connectivity index (χ4v) is 5.15. The smallest absolute Gasteiger partial charge is 0.256 e. The minimum absolute atomic E-state index is 0.110. The van der Waals surface area contributed by atoms with E-state index < -0.39 is 6.04 Å². The molecule has 0 spiro atoms. The van der Waals surface area contributed by atoms with Crippen LogP contribution in [0.2, 0.25) is 10.0 Å². The maximum absolute atomic E-state index is 13.1. The molecule has 3 fully saturated rings. The standard InChI is InChI=1S/C22H29Cl2N3O4/c23-16-3-4-18(24)17(12-16)22(29)27-6-1-2-19(27)21(28)25-13-20(15-5-9-31-14-15)26-7-10-30-11-8-26/h3-4,12,15,19-20H,1-2,5-11,13-14H2,(H,25,28). The molecule has 0 bridgehead atoms. The Labute approximate surface area is 192 Å². The predicted molar refractivity (Wildman–Crippen MR) is 119 cm³/mol. The van der Waals surface area contributed by atoms with E-state index in [1.54, 1.807) is 23.1 Å². The molecule has 2 amide bonds. The van der Waals surface area contributed by atoms with E-state index in [4.69, 9.17) is 32.7 Å². The Morgan fingerprint density at radius 2 is 1.90 bits per heavy atom. The molecule has 3 aliphatic rings. The van der Waals surface area contributed by atoms with E-state index in [2.05, 4.69) is 10.2 Å². The highest BCUT2D eigenvalue weighted by Gasteiger charge is 2.37. The number of morpholine rings is 1. The van der Waals surface area contributed by atoms with Gasteiger partial charge in [-0.3, -0.25) is 14.5 Å². The number of amides is 2. The molecule has 1 aromatic carbocycles. The molecule has 3 atom stereocenters. The highest BCUT2D eigenvalue weighted by Crippen LogP contribution is 2.27. The highest BCUT2D eigenvalue weighted by atomic mass is 35.5. The highest BCUT2D eigenvalue weighted by molar-refractivity contribution is 6.35. The zero-order chi connectivity index (χ0) is 21.8. The Balaban J connectivity index is 1.41. The van der Waals surface area contributed by atoms with Crippen molar-refractivity contribution in [3.05, 3.63) is 33.8 Å². The van der Waals surface area contributed by atoms with E-state index in [0.29, 0.717) is 54.3 Å². The van der Waals surface area contributed by atoms with Gasteiger partial charge in [0.15, 0.2) is 0 Å². The summed E-state index contributed by atoms with van der Waals surface area (Å²) in [6, 6.07) is 4.54. The molecule has 0 saturated carbocycles. The molecule has 7 nitrogen and oxygen atoms in total. The summed E-state index contributed by atoms with van der Waals surface area (Å²) in [6.07, 6.45) is 2.43. The first-order valence-corrected chi connectivity index (χ1v) is 11.7. The van der Waals surface area contributed by atoms with Gasteiger partial charge in [0, 0.05) is 49.8 Å². The van der Waals surface area contributed by atoms with Gasteiger partial charge in [-0.15, -0.1) is 0 Å².